The summed E-state index contributed by atoms with van der Waals surface area (Å²) >= 11 is 3.49. The lowest BCUT2D eigenvalue weighted by Gasteiger charge is -2.24. The van der Waals surface area contributed by atoms with Crippen molar-refractivity contribution in [3.63, 3.8) is 0 Å². The number of ether oxygens (including phenoxy) is 1. The lowest BCUT2D eigenvalue weighted by Crippen LogP contribution is -2.33. The van der Waals surface area contributed by atoms with Crippen LogP contribution in [0, 0.1) is 6.92 Å². The van der Waals surface area contributed by atoms with Gasteiger partial charge in [0.25, 0.3) is 10.0 Å². The van der Waals surface area contributed by atoms with Crippen LogP contribution in [0.5, 0.6) is 0 Å². The van der Waals surface area contributed by atoms with Crippen molar-refractivity contribution >= 4 is 46.9 Å². The van der Waals surface area contributed by atoms with Crippen molar-refractivity contribution in [2.45, 2.75) is 28.9 Å². The molecule has 0 amide bonds. The number of rotatable bonds is 10. The first-order valence-corrected chi connectivity index (χ1v) is 16.4. The number of benzene rings is 3. The zero-order chi connectivity index (χ0) is 28.5. The van der Waals surface area contributed by atoms with E-state index in [-0.39, 0.29) is 21.2 Å². The highest BCUT2D eigenvalue weighted by atomic mass is 79.9. The standard InChI is InChI=1S/C29H27BrN2O6S2/c1-20-14-16-21(17-15-20)39(33,34)31-28(25-13-8-18-38-25)29-27(26(19-30)37-2)23-11-6-7-12-24(23)32(29)40(35,36)22-9-4-3-5-10-22/h3-18,26,28,31H,19H2,1-2H3. The first-order chi connectivity index (χ1) is 19.2. The van der Waals surface area contributed by atoms with Gasteiger partial charge in [-0.15, -0.1) is 0 Å². The molecule has 0 saturated heterocycles. The van der Waals surface area contributed by atoms with Crippen LogP contribution in [0.2, 0.25) is 0 Å². The molecule has 0 bridgehead atoms. The molecular formula is C29H27BrN2O6S2. The van der Waals surface area contributed by atoms with Gasteiger partial charge in [-0.25, -0.2) is 20.8 Å². The highest BCUT2D eigenvalue weighted by Crippen LogP contribution is 2.41. The maximum atomic E-state index is 14.3. The third kappa shape index (κ3) is 5.15. The van der Waals surface area contributed by atoms with Crippen molar-refractivity contribution in [1.29, 1.82) is 0 Å². The number of aryl methyl sites for hydroxylation is 1. The van der Waals surface area contributed by atoms with Gasteiger partial charge in [0, 0.05) is 23.4 Å². The molecule has 1 N–H and O–H groups in total. The monoisotopic (exact) mass is 642 g/mol. The zero-order valence-corrected chi connectivity index (χ0v) is 24.9. The number of nitrogens with zero attached hydrogens (tertiary/aromatic N) is 1. The largest absolute Gasteiger partial charge is 0.467 e. The predicted octanol–water partition coefficient (Wildman–Crippen LogP) is 5.93. The molecular weight excluding hydrogens is 616 g/mol. The molecule has 0 fully saturated rings. The van der Waals surface area contributed by atoms with Crippen LogP contribution in [0.1, 0.15) is 34.7 Å². The highest BCUT2D eigenvalue weighted by molar-refractivity contribution is 9.09. The number of para-hydroxylation sites is 1. The van der Waals surface area contributed by atoms with E-state index in [1.54, 1.807) is 66.7 Å². The summed E-state index contributed by atoms with van der Waals surface area (Å²) in [4.78, 5) is 0.0875. The summed E-state index contributed by atoms with van der Waals surface area (Å²) in [6.45, 7) is 1.86. The Morgan fingerprint density at radius 3 is 2.17 bits per heavy atom. The number of methoxy groups -OCH3 is 1. The second kappa shape index (κ2) is 11.3. The third-order valence-electron chi connectivity index (χ3n) is 6.64. The Bertz CT molecular complexity index is 1830. The Hall–Kier alpha value is -3.22. The van der Waals surface area contributed by atoms with Crippen LogP contribution in [0.4, 0.5) is 0 Å². The van der Waals surface area contributed by atoms with Crippen LogP contribution in [0.25, 0.3) is 10.9 Å². The van der Waals surface area contributed by atoms with Gasteiger partial charge in [0.15, 0.2) is 0 Å². The van der Waals surface area contributed by atoms with E-state index >= 15 is 0 Å². The molecule has 2 aromatic heterocycles. The molecule has 0 aliphatic heterocycles. The fourth-order valence-electron chi connectivity index (χ4n) is 4.73. The van der Waals surface area contributed by atoms with Crippen LogP contribution in [0.15, 0.2) is 111 Å². The smallest absolute Gasteiger partial charge is 0.268 e. The zero-order valence-electron chi connectivity index (χ0n) is 21.7. The van der Waals surface area contributed by atoms with E-state index in [2.05, 4.69) is 20.7 Å². The van der Waals surface area contributed by atoms with Gasteiger partial charge in [0.05, 0.1) is 33.4 Å². The summed E-state index contributed by atoms with van der Waals surface area (Å²) in [5.74, 6) is 0.216. The molecule has 0 spiro atoms. The Labute approximate surface area is 241 Å². The van der Waals surface area contributed by atoms with E-state index in [0.29, 0.717) is 21.8 Å². The van der Waals surface area contributed by atoms with E-state index < -0.39 is 32.2 Å². The molecule has 0 saturated carbocycles. The van der Waals surface area contributed by atoms with Gasteiger partial charge >= 0.3 is 0 Å². The minimum Gasteiger partial charge on any atom is -0.467 e. The second-order valence-corrected chi connectivity index (χ2v) is 13.3. The number of alkyl halides is 1. The van der Waals surface area contributed by atoms with Gasteiger partial charge < -0.3 is 9.15 Å². The Morgan fingerprint density at radius 2 is 1.55 bits per heavy atom. The van der Waals surface area contributed by atoms with Crippen LogP contribution in [-0.2, 0) is 24.8 Å². The molecule has 2 atom stereocenters. The lowest BCUT2D eigenvalue weighted by atomic mass is 10.0. The number of hydrogen-bond acceptors (Lipinski definition) is 6. The summed E-state index contributed by atoms with van der Waals surface area (Å²) in [6, 6.07) is 23.5. The summed E-state index contributed by atoms with van der Waals surface area (Å²) in [6.07, 6.45) is 0.799. The van der Waals surface area contributed by atoms with Gasteiger partial charge in [-0.1, -0.05) is 70.0 Å². The van der Waals surface area contributed by atoms with Gasteiger partial charge in [-0.05, 0) is 49.4 Å². The van der Waals surface area contributed by atoms with E-state index in [1.807, 2.05) is 6.92 Å². The number of aromatic nitrogens is 1. The van der Waals surface area contributed by atoms with Crippen molar-refractivity contribution in [3.8, 4) is 0 Å². The average molecular weight is 644 g/mol. The molecule has 5 aromatic rings. The molecule has 11 heteroatoms. The SMILES string of the molecule is COC(CBr)c1c(C(NS(=O)(=O)c2ccc(C)cc2)c2ccco2)n(S(=O)(=O)c2ccccc2)c2ccccc12. The highest BCUT2D eigenvalue weighted by Gasteiger charge is 2.37. The first-order valence-electron chi connectivity index (χ1n) is 12.3. The second-order valence-electron chi connectivity index (χ2n) is 9.16. The van der Waals surface area contributed by atoms with E-state index in [0.717, 1.165) is 5.56 Å². The first kappa shape index (κ1) is 28.3. The molecule has 2 heterocycles. The molecule has 40 heavy (non-hydrogen) atoms. The maximum Gasteiger partial charge on any atom is 0.268 e. The van der Waals surface area contributed by atoms with Crippen molar-refractivity contribution in [1.82, 2.24) is 8.69 Å². The molecule has 8 nitrogen and oxygen atoms in total. The average Bonchev–Trinajstić information content (AvgIpc) is 3.61. The van der Waals surface area contributed by atoms with Crippen molar-refractivity contribution in [2.75, 3.05) is 12.4 Å². The summed E-state index contributed by atoms with van der Waals surface area (Å²) in [5.41, 5.74) is 1.97. The van der Waals surface area contributed by atoms with Crippen LogP contribution in [0.3, 0.4) is 0 Å². The van der Waals surface area contributed by atoms with Gasteiger partial charge in [-0.3, -0.25) is 0 Å². The summed E-state index contributed by atoms with van der Waals surface area (Å²) in [5, 5.41) is 0.931. The van der Waals surface area contributed by atoms with E-state index in [9.17, 15) is 16.8 Å². The molecule has 0 aliphatic rings. The molecule has 0 aliphatic carbocycles. The predicted molar refractivity (Wildman–Crippen MR) is 157 cm³/mol. The number of sulfonamides is 1. The van der Waals surface area contributed by atoms with Gasteiger partial charge in [-0.2, -0.15) is 4.72 Å². The molecule has 0 radical (unpaired) electrons. The normalized spacial score (nSPS) is 13.9. The topological polar surface area (TPSA) is 108 Å². The Balaban J connectivity index is 1.86. The van der Waals surface area contributed by atoms with Crippen LogP contribution < -0.4 is 4.72 Å². The van der Waals surface area contributed by atoms with E-state index in [1.165, 1.54) is 41.6 Å². The van der Waals surface area contributed by atoms with Crippen molar-refractivity contribution < 1.29 is 26.0 Å². The fraction of sp³-hybridized carbons (Fsp3) is 0.172. The Kier molecular flexibility index (Phi) is 8.03. The number of nitrogens with one attached hydrogen (secondary N) is 1. The van der Waals surface area contributed by atoms with Gasteiger partial charge in [0.1, 0.15) is 11.8 Å². The van der Waals surface area contributed by atoms with Crippen molar-refractivity contribution in [3.05, 3.63) is 120 Å². The summed E-state index contributed by atoms with van der Waals surface area (Å²) < 4.78 is 71.6. The minimum absolute atomic E-state index is 0.0357. The fourth-order valence-corrected chi connectivity index (χ4v) is 8.08. The Morgan fingerprint density at radius 1 is 0.875 bits per heavy atom. The lowest BCUT2D eigenvalue weighted by molar-refractivity contribution is 0.124. The quantitative estimate of drug-likeness (QED) is 0.189. The molecule has 208 valence electrons. The van der Waals surface area contributed by atoms with Crippen LogP contribution in [-0.4, -0.2) is 33.2 Å². The molecule has 5 rings (SSSR count). The summed E-state index contributed by atoms with van der Waals surface area (Å²) in [7, 11) is -6.84. The maximum absolute atomic E-state index is 14.3. The number of hydrogen-bond donors (Lipinski definition) is 1. The minimum atomic E-state index is -4.22. The number of fused-ring (bicyclic) bond motifs is 1. The molecule has 2 unspecified atom stereocenters. The third-order valence-corrected chi connectivity index (χ3v) is 10.4. The van der Waals surface area contributed by atoms with Crippen LogP contribution >= 0.6 is 15.9 Å². The van der Waals surface area contributed by atoms with E-state index in [4.69, 9.17) is 9.15 Å². The van der Waals surface area contributed by atoms with Crippen molar-refractivity contribution in [2.24, 2.45) is 0 Å². The molecule has 3 aromatic carbocycles. The number of furan rings is 1. The van der Waals surface area contributed by atoms with Gasteiger partial charge in [0.2, 0.25) is 10.0 Å². The number of halogens is 1.